The molecule has 0 heterocycles. The van der Waals surface area contributed by atoms with Crippen molar-refractivity contribution in [1.29, 1.82) is 0 Å². The van der Waals surface area contributed by atoms with Crippen LogP contribution >= 0.6 is 0 Å². The molecule has 170 valence electrons. The normalized spacial score (nSPS) is 12.6. The molecule has 5 heteroatoms. The zero-order valence-electron chi connectivity index (χ0n) is 20.0. The van der Waals surface area contributed by atoms with E-state index in [1.807, 2.05) is 13.8 Å². The molecule has 1 N–H and O–H groups in total. The Kier molecular flexibility index (Phi) is 17.9. The summed E-state index contributed by atoms with van der Waals surface area (Å²) < 4.78 is 18.3. The van der Waals surface area contributed by atoms with Crippen LogP contribution in [-0.4, -0.2) is 40.7 Å². The van der Waals surface area contributed by atoms with Crippen molar-refractivity contribution in [2.75, 3.05) is 26.3 Å². The van der Waals surface area contributed by atoms with Gasteiger partial charge in [-0.2, -0.15) is 0 Å². The monoisotopic (exact) mass is 417 g/mol. The predicted molar refractivity (Wildman–Crippen MR) is 124 cm³/mol. The Morgan fingerprint density at radius 1 is 0.643 bits per heavy atom. The Hall–Kier alpha value is 0.0569. The maximum Gasteiger partial charge on any atom is 0.501 e. The van der Waals surface area contributed by atoms with Crippen molar-refractivity contribution >= 4 is 8.80 Å². The molecule has 0 aliphatic rings. The lowest BCUT2D eigenvalue weighted by atomic mass is 10.1. The van der Waals surface area contributed by atoms with Crippen molar-refractivity contribution in [2.45, 2.75) is 124 Å². The fourth-order valence-corrected chi connectivity index (χ4v) is 6.51. The molecule has 28 heavy (non-hydrogen) atoms. The molecule has 0 unspecified atom stereocenters. The van der Waals surface area contributed by atoms with Crippen molar-refractivity contribution < 1.29 is 13.3 Å². The van der Waals surface area contributed by atoms with Crippen LogP contribution in [0.1, 0.15) is 112 Å². The van der Waals surface area contributed by atoms with E-state index in [-0.39, 0.29) is 5.60 Å². The Bertz CT molecular complexity index is 328. The zero-order chi connectivity index (χ0) is 21.1. The molecule has 0 saturated heterocycles. The van der Waals surface area contributed by atoms with Crippen LogP contribution in [0.3, 0.4) is 0 Å². The van der Waals surface area contributed by atoms with E-state index in [9.17, 15) is 0 Å². The van der Waals surface area contributed by atoms with Gasteiger partial charge < -0.3 is 18.6 Å². The van der Waals surface area contributed by atoms with Gasteiger partial charge in [0.25, 0.3) is 0 Å². The first kappa shape index (κ1) is 28.1. The second-order valence-electron chi connectivity index (χ2n) is 8.80. The first-order valence-corrected chi connectivity index (χ1v) is 14.0. The molecule has 0 aromatic heterocycles. The molecule has 0 bridgehead atoms. The highest BCUT2D eigenvalue weighted by atomic mass is 28.4. The summed E-state index contributed by atoms with van der Waals surface area (Å²) in [7, 11) is -2.57. The van der Waals surface area contributed by atoms with Crippen molar-refractivity contribution in [1.82, 2.24) is 5.32 Å². The minimum absolute atomic E-state index is 0.236. The van der Waals surface area contributed by atoms with Crippen molar-refractivity contribution in [2.24, 2.45) is 0 Å². The maximum absolute atomic E-state index is 6.29. The summed E-state index contributed by atoms with van der Waals surface area (Å²) in [5.41, 5.74) is -0.236. The van der Waals surface area contributed by atoms with Crippen LogP contribution in [0, 0.1) is 0 Å². The first-order chi connectivity index (χ1) is 13.4. The highest BCUT2D eigenvalue weighted by Crippen LogP contribution is 2.24. The summed E-state index contributed by atoms with van der Waals surface area (Å²) in [6.45, 7) is 16.0. The van der Waals surface area contributed by atoms with E-state index in [0.717, 1.165) is 25.6 Å². The highest BCUT2D eigenvalue weighted by molar-refractivity contribution is 6.60. The third-order valence-corrected chi connectivity index (χ3v) is 8.08. The van der Waals surface area contributed by atoms with Crippen LogP contribution in [-0.2, 0) is 13.3 Å². The molecule has 0 spiro atoms. The fraction of sp³-hybridized carbons (Fsp3) is 1.00. The molecule has 0 aromatic rings. The van der Waals surface area contributed by atoms with E-state index in [1.165, 1.54) is 64.2 Å². The first-order valence-electron chi connectivity index (χ1n) is 12.1. The highest BCUT2D eigenvalue weighted by Gasteiger charge is 2.43. The van der Waals surface area contributed by atoms with Gasteiger partial charge in [-0.1, -0.05) is 64.7 Å². The maximum atomic E-state index is 6.29. The predicted octanol–water partition coefficient (Wildman–Crippen LogP) is 6.71. The molecule has 0 atom stereocenters. The average Bonchev–Trinajstić information content (AvgIpc) is 2.61. The van der Waals surface area contributed by atoms with Gasteiger partial charge in [-0.25, -0.2) is 0 Å². The van der Waals surface area contributed by atoms with E-state index in [1.54, 1.807) is 0 Å². The number of rotatable bonds is 20. The number of hydrogen-bond acceptors (Lipinski definition) is 4. The molecule has 0 aromatic carbocycles. The second kappa shape index (κ2) is 17.9. The lowest BCUT2D eigenvalue weighted by Crippen LogP contribution is -2.50. The van der Waals surface area contributed by atoms with Crippen molar-refractivity contribution in [3.8, 4) is 0 Å². The summed E-state index contributed by atoms with van der Waals surface area (Å²) in [6, 6.07) is 0.886. The standard InChI is InChI=1S/C23H51NO3Si/c1-7-10-11-12-13-14-15-16-17-18-20-24-21-19-22-28(25-8-2,26-9-3)27-23(4,5)6/h24H,7-22H2,1-6H3. The molecular formula is C23H51NO3Si. The largest absolute Gasteiger partial charge is 0.501 e. The summed E-state index contributed by atoms with van der Waals surface area (Å²) >= 11 is 0. The van der Waals surface area contributed by atoms with Crippen LogP contribution in [0.4, 0.5) is 0 Å². The van der Waals surface area contributed by atoms with E-state index in [4.69, 9.17) is 13.3 Å². The molecule has 0 aliphatic heterocycles. The van der Waals surface area contributed by atoms with Crippen LogP contribution in [0.15, 0.2) is 0 Å². The number of hydrogen-bond donors (Lipinski definition) is 1. The number of unbranched alkanes of at least 4 members (excludes halogenated alkanes) is 9. The molecule has 0 radical (unpaired) electrons. The van der Waals surface area contributed by atoms with E-state index in [0.29, 0.717) is 13.2 Å². The van der Waals surface area contributed by atoms with Crippen LogP contribution < -0.4 is 5.32 Å². The Morgan fingerprint density at radius 2 is 1.11 bits per heavy atom. The van der Waals surface area contributed by atoms with Gasteiger partial charge in [0.1, 0.15) is 0 Å². The second-order valence-corrected chi connectivity index (χ2v) is 11.4. The molecule has 0 aliphatic carbocycles. The van der Waals surface area contributed by atoms with E-state index >= 15 is 0 Å². The smallest absolute Gasteiger partial charge is 0.374 e. The van der Waals surface area contributed by atoms with Crippen molar-refractivity contribution in [3.63, 3.8) is 0 Å². The Balaban J connectivity index is 3.76. The zero-order valence-corrected chi connectivity index (χ0v) is 21.0. The third-order valence-electron chi connectivity index (χ3n) is 4.73. The Morgan fingerprint density at radius 3 is 1.57 bits per heavy atom. The van der Waals surface area contributed by atoms with Crippen LogP contribution in [0.5, 0.6) is 0 Å². The summed E-state index contributed by atoms with van der Waals surface area (Å²) in [5.74, 6) is 0. The van der Waals surface area contributed by atoms with E-state index < -0.39 is 8.80 Å². The Labute approximate surface area is 177 Å². The average molecular weight is 418 g/mol. The van der Waals surface area contributed by atoms with Crippen molar-refractivity contribution in [3.05, 3.63) is 0 Å². The molecule has 0 rings (SSSR count). The summed E-state index contributed by atoms with van der Waals surface area (Å²) in [4.78, 5) is 0. The van der Waals surface area contributed by atoms with Gasteiger partial charge in [0.05, 0.1) is 5.60 Å². The molecule has 0 saturated carbocycles. The quantitative estimate of drug-likeness (QED) is 0.176. The third kappa shape index (κ3) is 17.0. The van der Waals surface area contributed by atoms with Gasteiger partial charge in [-0.15, -0.1) is 0 Å². The van der Waals surface area contributed by atoms with Gasteiger partial charge in [0.15, 0.2) is 0 Å². The molecule has 0 amide bonds. The molecule has 0 fully saturated rings. The van der Waals surface area contributed by atoms with Gasteiger partial charge >= 0.3 is 8.80 Å². The summed E-state index contributed by atoms with van der Waals surface area (Å²) in [5, 5.41) is 3.59. The number of nitrogens with one attached hydrogen (secondary N) is 1. The lowest BCUT2D eigenvalue weighted by Gasteiger charge is -2.35. The van der Waals surface area contributed by atoms with Gasteiger partial charge in [0, 0.05) is 19.3 Å². The van der Waals surface area contributed by atoms with E-state index in [2.05, 4.69) is 33.0 Å². The van der Waals surface area contributed by atoms with Crippen LogP contribution in [0.2, 0.25) is 6.04 Å². The minimum Gasteiger partial charge on any atom is -0.374 e. The molecular weight excluding hydrogens is 366 g/mol. The fourth-order valence-electron chi connectivity index (χ4n) is 3.49. The summed E-state index contributed by atoms with van der Waals surface area (Å²) in [6.07, 6.45) is 14.9. The topological polar surface area (TPSA) is 39.7 Å². The SMILES string of the molecule is CCCCCCCCCCCCNCCC[Si](OCC)(OCC)OC(C)(C)C. The van der Waals surface area contributed by atoms with Crippen LogP contribution in [0.25, 0.3) is 0 Å². The molecule has 4 nitrogen and oxygen atoms in total. The lowest BCUT2D eigenvalue weighted by molar-refractivity contribution is -0.000768. The van der Waals surface area contributed by atoms with Gasteiger partial charge in [-0.3, -0.25) is 0 Å². The van der Waals surface area contributed by atoms with Gasteiger partial charge in [-0.05, 0) is 60.5 Å². The van der Waals surface area contributed by atoms with Gasteiger partial charge in [0.2, 0.25) is 0 Å². The minimum atomic E-state index is -2.57.